The SMILES string of the molecule is CSC(=S)SC(C)(C)C(C)(COC(C)(C)CCOC(C)C)CC(C)(C)C. The summed E-state index contributed by atoms with van der Waals surface area (Å²) in [5.41, 5.74) is 0.0302. The first-order valence-corrected chi connectivity index (χ1v) is 12.0. The molecule has 0 rings (SSSR count). The fourth-order valence-corrected chi connectivity index (χ4v) is 5.33. The smallest absolute Gasteiger partial charge is 0.104 e. The summed E-state index contributed by atoms with van der Waals surface area (Å²) in [4.78, 5) is 0. The van der Waals surface area contributed by atoms with Crippen LogP contribution in [0.3, 0.4) is 0 Å². The van der Waals surface area contributed by atoms with Gasteiger partial charge in [-0.05, 0) is 66.1 Å². The van der Waals surface area contributed by atoms with Gasteiger partial charge in [0, 0.05) is 16.8 Å². The predicted molar refractivity (Wildman–Crippen MR) is 126 cm³/mol. The lowest BCUT2D eigenvalue weighted by Gasteiger charge is -2.48. The fourth-order valence-electron chi connectivity index (χ4n) is 2.95. The minimum Gasteiger partial charge on any atom is -0.379 e. The van der Waals surface area contributed by atoms with Gasteiger partial charge < -0.3 is 9.47 Å². The number of ether oxygens (including phenoxy) is 2. The Hall–Kier alpha value is 0.710. The molecule has 0 heterocycles. The van der Waals surface area contributed by atoms with E-state index in [1.807, 2.05) is 11.8 Å². The van der Waals surface area contributed by atoms with Crippen molar-refractivity contribution in [2.45, 2.75) is 98.5 Å². The molecule has 0 aromatic rings. The third-order valence-corrected chi connectivity index (χ3v) is 7.82. The monoisotopic (exact) mass is 422 g/mol. The van der Waals surface area contributed by atoms with Crippen LogP contribution in [0.4, 0.5) is 0 Å². The van der Waals surface area contributed by atoms with E-state index in [-0.39, 0.29) is 27.3 Å². The molecule has 156 valence electrons. The van der Waals surface area contributed by atoms with Crippen LogP contribution in [0.15, 0.2) is 0 Å². The van der Waals surface area contributed by atoms with Crippen molar-refractivity contribution in [3.63, 3.8) is 0 Å². The Labute approximate surface area is 177 Å². The van der Waals surface area contributed by atoms with Gasteiger partial charge in [-0.3, -0.25) is 0 Å². The van der Waals surface area contributed by atoms with Gasteiger partial charge in [0.15, 0.2) is 0 Å². The number of hydrogen-bond acceptors (Lipinski definition) is 5. The van der Waals surface area contributed by atoms with Crippen molar-refractivity contribution in [3.8, 4) is 0 Å². The van der Waals surface area contributed by atoms with E-state index in [1.54, 1.807) is 11.8 Å². The molecule has 0 bridgehead atoms. The Morgan fingerprint density at radius 2 is 1.54 bits per heavy atom. The van der Waals surface area contributed by atoms with Crippen LogP contribution in [0, 0.1) is 10.8 Å². The van der Waals surface area contributed by atoms with Crippen LogP contribution in [0.5, 0.6) is 0 Å². The summed E-state index contributed by atoms with van der Waals surface area (Å²) in [5.74, 6) is 0. The van der Waals surface area contributed by atoms with E-state index in [9.17, 15) is 0 Å². The lowest BCUT2D eigenvalue weighted by atomic mass is 9.68. The molecule has 0 aliphatic heterocycles. The van der Waals surface area contributed by atoms with Crippen molar-refractivity contribution in [2.24, 2.45) is 10.8 Å². The fraction of sp³-hybridized carbons (Fsp3) is 0.952. The second-order valence-electron chi connectivity index (χ2n) is 10.1. The Bertz CT molecular complexity index is 439. The molecule has 0 aromatic carbocycles. The topological polar surface area (TPSA) is 18.5 Å². The highest BCUT2D eigenvalue weighted by molar-refractivity contribution is 8.47. The largest absolute Gasteiger partial charge is 0.379 e. The maximum absolute atomic E-state index is 6.48. The molecule has 26 heavy (non-hydrogen) atoms. The molecular weight excluding hydrogens is 380 g/mol. The van der Waals surface area contributed by atoms with Crippen LogP contribution in [0.2, 0.25) is 0 Å². The summed E-state index contributed by atoms with van der Waals surface area (Å²) in [5, 5.41) is 0. The number of thiocarbonyl (C=S) groups is 1. The average Bonchev–Trinajstić information content (AvgIpc) is 2.42. The molecule has 0 N–H and O–H groups in total. The van der Waals surface area contributed by atoms with E-state index in [0.717, 1.165) is 29.6 Å². The zero-order valence-electron chi connectivity index (χ0n) is 18.9. The van der Waals surface area contributed by atoms with Gasteiger partial charge in [0.05, 0.1) is 18.3 Å². The molecule has 0 aromatic heterocycles. The maximum Gasteiger partial charge on any atom is 0.104 e. The van der Waals surface area contributed by atoms with Crippen LogP contribution in [0.25, 0.3) is 0 Å². The van der Waals surface area contributed by atoms with Gasteiger partial charge in [-0.15, -0.1) is 23.5 Å². The summed E-state index contributed by atoms with van der Waals surface area (Å²) in [6, 6.07) is 0. The molecule has 2 nitrogen and oxygen atoms in total. The third-order valence-electron chi connectivity index (χ3n) is 4.82. The van der Waals surface area contributed by atoms with Crippen LogP contribution >= 0.6 is 35.7 Å². The molecule has 0 aliphatic rings. The zero-order chi connectivity index (χ0) is 20.8. The highest BCUT2D eigenvalue weighted by Crippen LogP contribution is 2.50. The van der Waals surface area contributed by atoms with Crippen LogP contribution in [-0.4, -0.2) is 39.5 Å². The van der Waals surface area contributed by atoms with Gasteiger partial charge in [-0.2, -0.15) is 0 Å². The van der Waals surface area contributed by atoms with E-state index in [2.05, 4.69) is 75.5 Å². The Morgan fingerprint density at radius 3 is 1.96 bits per heavy atom. The summed E-state index contributed by atoms with van der Waals surface area (Å²) in [6.45, 7) is 23.8. The summed E-state index contributed by atoms with van der Waals surface area (Å²) in [6.07, 6.45) is 4.30. The second-order valence-corrected chi connectivity index (χ2v) is 13.7. The van der Waals surface area contributed by atoms with Gasteiger partial charge in [0.25, 0.3) is 0 Å². The van der Waals surface area contributed by atoms with Gasteiger partial charge in [-0.25, -0.2) is 0 Å². The highest BCUT2D eigenvalue weighted by atomic mass is 32.2. The van der Waals surface area contributed by atoms with Crippen molar-refractivity contribution in [2.75, 3.05) is 19.5 Å². The molecule has 5 heteroatoms. The molecular formula is C21H42O2S3. The first-order valence-electron chi connectivity index (χ1n) is 9.56. The molecule has 1 atom stereocenters. The van der Waals surface area contributed by atoms with Crippen LogP contribution < -0.4 is 0 Å². The molecule has 0 fully saturated rings. The Balaban J connectivity index is 5.22. The van der Waals surface area contributed by atoms with Crippen LogP contribution in [0.1, 0.15) is 82.1 Å². The van der Waals surface area contributed by atoms with Crippen molar-refractivity contribution in [3.05, 3.63) is 0 Å². The number of thioether (sulfide) groups is 2. The number of hydrogen-bond donors (Lipinski definition) is 0. The summed E-state index contributed by atoms with van der Waals surface area (Å²) < 4.78 is 13.2. The quantitative estimate of drug-likeness (QED) is 0.345. The van der Waals surface area contributed by atoms with E-state index in [1.165, 1.54) is 0 Å². The summed E-state index contributed by atoms with van der Waals surface area (Å²) >= 11 is 8.99. The molecule has 0 aliphatic carbocycles. The van der Waals surface area contributed by atoms with E-state index in [4.69, 9.17) is 21.7 Å². The normalized spacial score (nSPS) is 16.0. The highest BCUT2D eigenvalue weighted by Gasteiger charge is 2.45. The molecule has 0 amide bonds. The molecule has 0 saturated carbocycles. The third kappa shape index (κ3) is 10.3. The van der Waals surface area contributed by atoms with Gasteiger partial charge in [0.2, 0.25) is 0 Å². The minimum atomic E-state index is -0.200. The standard InChI is InChI=1S/C21H42O2S3/c1-16(2)22-13-12-19(6,7)23-15-21(10,14-18(3,4)5)20(8,9)26-17(24)25-11/h16H,12-15H2,1-11H3. The van der Waals surface area contributed by atoms with Crippen molar-refractivity contribution < 1.29 is 9.47 Å². The summed E-state index contributed by atoms with van der Waals surface area (Å²) in [7, 11) is 0. The van der Waals surface area contributed by atoms with E-state index in [0.29, 0.717) is 0 Å². The van der Waals surface area contributed by atoms with Crippen LogP contribution in [-0.2, 0) is 9.47 Å². The lowest BCUT2D eigenvalue weighted by Crippen LogP contribution is -2.47. The molecule has 0 radical (unpaired) electrons. The van der Waals surface area contributed by atoms with Crippen molar-refractivity contribution in [1.29, 1.82) is 0 Å². The molecule has 0 saturated heterocycles. The van der Waals surface area contributed by atoms with Gasteiger partial charge in [0.1, 0.15) is 3.53 Å². The Kier molecular flexibility index (Phi) is 10.8. The van der Waals surface area contributed by atoms with Gasteiger partial charge >= 0.3 is 0 Å². The lowest BCUT2D eigenvalue weighted by molar-refractivity contribution is -0.0913. The predicted octanol–water partition coefficient (Wildman–Crippen LogP) is 7.20. The first kappa shape index (κ1) is 26.7. The minimum absolute atomic E-state index is 0.00584. The molecule has 1 unspecified atom stereocenters. The van der Waals surface area contributed by atoms with Crippen molar-refractivity contribution >= 4 is 39.3 Å². The Morgan fingerprint density at radius 1 is 1.00 bits per heavy atom. The second kappa shape index (κ2) is 10.5. The average molecular weight is 423 g/mol. The number of rotatable bonds is 10. The first-order chi connectivity index (χ1) is 11.5. The van der Waals surface area contributed by atoms with Gasteiger partial charge in [-0.1, -0.05) is 39.9 Å². The maximum atomic E-state index is 6.48. The van der Waals surface area contributed by atoms with E-state index >= 15 is 0 Å². The van der Waals surface area contributed by atoms with Crippen molar-refractivity contribution in [1.82, 2.24) is 0 Å². The zero-order valence-corrected chi connectivity index (χ0v) is 21.4. The molecule has 0 spiro atoms. The van der Waals surface area contributed by atoms with E-state index < -0.39 is 0 Å².